The summed E-state index contributed by atoms with van der Waals surface area (Å²) in [7, 11) is 0. The first kappa shape index (κ1) is 18.1. The Labute approximate surface area is 125 Å². The molecule has 2 aromatic carbocycles. The first-order valence-corrected chi connectivity index (χ1v) is 6.63. The lowest BCUT2D eigenvalue weighted by Gasteiger charge is -2.03. The van der Waals surface area contributed by atoms with E-state index in [-0.39, 0.29) is 9.90 Å². The number of nitrogens with zero attached hydrogens (tertiary/aromatic N) is 1. The van der Waals surface area contributed by atoms with Gasteiger partial charge in [0.25, 0.3) is 0 Å². The van der Waals surface area contributed by atoms with Crippen molar-refractivity contribution in [2.45, 2.75) is 13.8 Å². The molecule has 2 rings (SSSR count). The molecule has 104 valence electrons. The molecule has 0 aliphatic heterocycles. The predicted molar refractivity (Wildman–Crippen MR) is 91.8 cm³/mol. The molecule has 0 N–H and O–H groups in total. The summed E-state index contributed by atoms with van der Waals surface area (Å²) in [5, 5.41) is 0. The van der Waals surface area contributed by atoms with Gasteiger partial charge in [0.15, 0.2) is 0 Å². The molecule has 0 spiro atoms. The second-order valence-electron chi connectivity index (χ2n) is 3.83. The fourth-order valence-electron chi connectivity index (χ4n) is 1.48. The van der Waals surface area contributed by atoms with Gasteiger partial charge in [0.1, 0.15) is 0 Å². The van der Waals surface area contributed by atoms with Crippen LogP contribution in [0.25, 0.3) is 11.1 Å². The van der Waals surface area contributed by atoms with Crippen molar-refractivity contribution in [1.82, 2.24) is 4.42 Å². The van der Waals surface area contributed by atoms with Gasteiger partial charge >= 0.3 is 0 Å². The molecule has 0 saturated carbocycles. The normalized spacial score (nSPS) is 9.26. The summed E-state index contributed by atoms with van der Waals surface area (Å²) in [6.45, 7) is 5.91. The lowest BCUT2D eigenvalue weighted by atomic mass is 10.1. The topological polar surface area (TPSA) is 3.24 Å². The molecule has 1 atom stereocenters. The third-order valence-corrected chi connectivity index (χ3v) is 3.05. The second kappa shape index (κ2) is 11.0. The van der Waals surface area contributed by atoms with Crippen LogP contribution in [0.15, 0.2) is 60.7 Å². The van der Waals surface area contributed by atoms with E-state index in [4.69, 9.17) is 11.8 Å². The van der Waals surface area contributed by atoms with Crippen LogP contribution in [0, 0.1) is 0 Å². The van der Waals surface area contributed by atoms with Crippen LogP contribution in [0.4, 0.5) is 0 Å². The van der Waals surface area contributed by atoms with E-state index in [2.05, 4.69) is 48.5 Å². The molecule has 0 heterocycles. The van der Waals surface area contributed by atoms with Crippen LogP contribution < -0.4 is 0 Å². The van der Waals surface area contributed by atoms with Crippen molar-refractivity contribution in [2.75, 3.05) is 13.1 Å². The highest BCUT2D eigenvalue weighted by atomic mass is 35.5. The standard InChI is InChI=1S/C12H10.C4H10ClN.H3P/c1-3-7-11(8-4-1)12-9-5-2-6-10-12;1-3-6(5)4-2;/h1-10H;3-4H2,1-2H3;1H3. The van der Waals surface area contributed by atoms with Crippen LogP contribution in [0.5, 0.6) is 0 Å². The smallest absolute Gasteiger partial charge is 0.0110 e. The SMILES string of the molecule is CCN(Cl)CC.P.c1ccc(-c2ccccc2)cc1. The Morgan fingerprint density at radius 3 is 1.26 bits per heavy atom. The molecule has 3 heteroatoms. The second-order valence-corrected chi connectivity index (χ2v) is 4.31. The highest BCUT2D eigenvalue weighted by Gasteiger charge is 1.91. The Hall–Kier alpha value is -0.880. The first-order chi connectivity index (χ1) is 8.77. The lowest BCUT2D eigenvalue weighted by Crippen LogP contribution is -2.08. The average molecular weight is 296 g/mol. The molecule has 0 radical (unpaired) electrons. The first-order valence-electron chi connectivity index (χ1n) is 6.29. The number of halogens is 1. The van der Waals surface area contributed by atoms with Gasteiger partial charge in [-0.3, -0.25) is 0 Å². The monoisotopic (exact) mass is 295 g/mol. The zero-order chi connectivity index (χ0) is 13.2. The minimum atomic E-state index is 0. The van der Waals surface area contributed by atoms with Gasteiger partial charge < -0.3 is 0 Å². The summed E-state index contributed by atoms with van der Waals surface area (Å²) >= 11 is 5.48. The maximum absolute atomic E-state index is 5.48. The summed E-state index contributed by atoms with van der Waals surface area (Å²) in [5.74, 6) is 0. The van der Waals surface area contributed by atoms with Crippen molar-refractivity contribution in [3.05, 3.63) is 60.7 Å². The van der Waals surface area contributed by atoms with E-state index < -0.39 is 0 Å². The van der Waals surface area contributed by atoms with Crippen LogP contribution in [0.2, 0.25) is 0 Å². The van der Waals surface area contributed by atoms with Gasteiger partial charge in [-0.05, 0) is 22.9 Å². The van der Waals surface area contributed by atoms with E-state index in [0.717, 1.165) is 13.1 Å². The third-order valence-electron chi connectivity index (χ3n) is 2.57. The molecule has 1 unspecified atom stereocenters. The van der Waals surface area contributed by atoms with Crippen molar-refractivity contribution < 1.29 is 0 Å². The predicted octanol–water partition coefficient (Wildman–Crippen LogP) is 4.89. The summed E-state index contributed by atoms with van der Waals surface area (Å²) in [6.07, 6.45) is 0. The van der Waals surface area contributed by atoms with Gasteiger partial charge in [-0.25, -0.2) is 4.42 Å². The average Bonchev–Trinajstić information content (AvgIpc) is 2.49. The highest BCUT2D eigenvalue weighted by Crippen LogP contribution is 2.17. The lowest BCUT2D eigenvalue weighted by molar-refractivity contribution is 0.507. The Balaban J connectivity index is 0.000000404. The van der Waals surface area contributed by atoms with Crippen LogP contribution in [0.3, 0.4) is 0 Å². The van der Waals surface area contributed by atoms with Crippen LogP contribution in [-0.2, 0) is 0 Å². The van der Waals surface area contributed by atoms with Crippen molar-refractivity contribution in [3.63, 3.8) is 0 Å². The summed E-state index contributed by atoms with van der Waals surface area (Å²) in [6, 6.07) is 20.8. The quantitative estimate of drug-likeness (QED) is 0.575. The van der Waals surface area contributed by atoms with Crippen molar-refractivity contribution >= 4 is 21.7 Å². The maximum Gasteiger partial charge on any atom is 0.0110 e. The van der Waals surface area contributed by atoms with Crippen molar-refractivity contribution in [3.8, 4) is 11.1 Å². The van der Waals surface area contributed by atoms with Crippen LogP contribution in [-0.4, -0.2) is 17.5 Å². The summed E-state index contributed by atoms with van der Waals surface area (Å²) in [5.41, 5.74) is 2.55. The summed E-state index contributed by atoms with van der Waals surface area (Å²) in [4.78, 5) is 0. The van der Waals surface area contributed by atoms with E-state index in [1.54, 1.807) is 4.42 Å². The van der Waals surface area contributed by atoms with Crippen molar-refractivity contribution in [1.29, 1.82) is 0 Å². The Bertz CT molecular complexity index is 378. The van der Waals surface area contributed by atoms with Gasteiger partial charge in [-0.15, -0.1) is 0 Å². The molecule has 0 aliphatic rings. The minimum absolute atomic E-state index is 0. The zero-order valence-electron chi connectivity index (χ0n) is 11.7. The molecule has 19 heavy (non-hydrogen) atoms. The van der Waals surface area contributed by atoms with Gasteiger partial charge in [-0.1, -0.05) is 74.5 Å². The summed E-state index contributed by atoms with van der Waals surface area (Å²) < 4.78 is 1.72. The van der Waals surface area contributed by atoms with E-state index in [1.165, 1.54) is 11.1 Å². The Kier molecular flexibility index (Phi) is 10.5. The van der Waals surface area contributed by atoms with Gasteiger partial charge in [-0.2, -0.15) is 9.90 Å². The largest absolute Gasteiger partial charge is 0.221 e. The molecule has 0 fully saturated rings. The van der Waals surface area contributed by atoms with Crippen LogP contribution in [0.1, 0.15) is 13.8 Å². The van der Waals surface area contributed by atoms with E-state index in [1.807, 2.05) is 26.0 Å². The van der Waals surface area contributed by atoms with E-state index in [9.17, 15) is 0 Å². The third kappa shape index (κ3) is 7.32. The molecule has 1 nitrogen and oxygen atoms in total. The van der Waals surface area contributed by atoms with Gasteiger partial charge in [0.05, 0.1) is 0 Å². The van der Waals surface area contributed by atoms with Gasteiger partial charge in [0, 0.05) is 13.1 Å². The zero-order valence-corrected chi connectivity index (χ0v) is 13.9. The Morgan fingerprint density at radius 1 is 0.737 bits per heavy atom. The molecule has 0 aromatic heterocycles. The van der Waals surface area contributed by atoms with E-state index in [0.29, 0.717) is 0 Å². The molecule has 0 aliphatic carbocycles. The molecular formula is C16H23ClNP. The Morgan fingerprint density at radius 2 is 1.05 bits per heavy atom. The minimum Gasteiger partial charge on any atom is -0.221 e. The number of benzene rings is 2. The van der Waals surface area contributed by atoms with E-state index >= 15 is 0 Å². The number of hydrogen-bond donors (Lipinski definition) is 0. The number of hydrogen-bond acceptors (Lipinski definition) is 1. The maximum atomic E-state index is 5.48. The molecule has 0 bridgehead atoms. The molecule has 0 amide bonds. The molecule has 2 aromatic rings. The molecular weight excluding hydrogens is 273 g/mol. The fourth-order valence-corrected chi connectivity index (χ4v) is 1.48. The number of rotatable bonds is 3. The van der Waals surface area contributed by atoms with Gasteiger partial charge in [0.2, 0.25) is 0 Å². The molecule has 0 saturated heterocycles. The fraction of sp³-hybridized carbons (Fsp3) is 0.250. The van der Waals surface area contributed by atoms with Crippen LogP contribution >= 0.6 is 21.7 Å². The highest BCUT2D eigenvalue weighted by molar-refractivity contribution is 6.92. The van der Waals surface area contributed by atoms with Crippen molar-refractivity contribution in [2.24, 2.45) is 0 Å².